The maximum Gasteiger partial charge on any atom is 0.269 e. The van der Waals surface area contributed by atoms with E-state index < -0.39 is 15.8 Å². The van der Waals surface area contributed by atoms with E-state index in [2.05, 4.69) is 15.5 Å². The summed E-state index contributed by atoms with van der Waals surface area (Å²) in [6, 6.07) is 17.0. The molecule has 0 bridgehead atoms. The number of non-ortho nitro benzene ring substituents is 2. The Bertz CT molecular complexity index is 1410. The van der Waals surface area contributed by atoms with Crippen molar-refractivity contribution >= 4 is 29.0 Å². The highest BCUT2D eigenvalue weighted by Crippen LogP contribution is 2.26. The number of hydrogen-bond acceptors (Lipinski definition) is 8. The molecule has 0 unspecified atom stereocenters. The number of carbonyl (C=O) groups excluding carboxylic acids is 1. The fourth-order valence-corrected chi connectivity index (χ4v) is 4.14. The number of nitro benzene ring substituents is 2. The predicted octanol–water partition coefficient (Wildman–Crippen LogP) is 4.45. The van der Waals surface area contributed by atoms with E-state index in [4.69, 9.17) is 0 Å². The number of thioether (sulfide) groups is 1. The van der Waals surface area contributed by atoms with Crippen LogP contribution in [0, 0.1) is 26.0 Å². The van der Waals surface area contributed by atoms with Crippen molar-refractivity contribution in [2.45, 2.75) is 17.5 Å². The average molecular weight is 508 g/mol. The molecule has 0 spiro atoms. The van der Waals surface area contributed by atoms with Gasteiger partial charge in [0.1, 0.15) is 5.82 Å². The Morgan fingerprint density at radius 3 is 2.06 bits per heavy atom. The predicted molar refractivity (Wildman–Crippen MR) is 128 cm³/mol. The third-order valence-corrected chi connectivity index (χ3v) is 6.05. The fraction of sp³-hybridized carbons (Fsp3) is 0.0870. The highest BCUT2D eigenvalue weighted by Gasteiger charge is 2.17. The van der Waals surface area contributed by atoms with Crippen LogP contribution in [0.5, 0.6) is 0 Å². The van der Waals surface area contributed by atoms with Crippen LogP contribution in [0.4, 0.5) is 15.8 Å². The number of nitrogens with zero attached hydrogens (tertiary/aromatic N) is 5. The summed E-state index contributed by atoms with van der Waals surface area (Å²) in [5.41, 5.74) is 1.42. The second kappa shape index (κ2) is 10.7. The molecule has 182 valence electrons. The van der Waals surface area contributed by atoms with Crippen LogP contribution in [0.15, 0.2) is 78.0 Å². The maximum absolute atomic E-state index is 13.2. The molecule has 13 heteroatoms. The van der Waals surface area contributed by atoms with Crippen molar-refractivity contribution in [3.05, 3.63) is 116 Å². The smallest absolute Gasteiger partial charge is 0.269 e. The van der Waals surface area contributed by atoms with Gasteiger partial charge in [-0.3, -0.25) is 29.6 Å². The van der Waals surface area contributed by atoms with Gasteiger partial charge in [0.2, 0.25) is 0 Å². The maximum atomic E-state index is 13.2. The first kappa shape index (κ1) is 24.5. The molecule has 36 heavy (non-hydrogen) atoms. The first-order chi connectivity index (χ1) is 17.3. The summed E-state index contributed by atoms with van der Waals surface area (Å²) in [4.78, 5) is 33.4. The number of halogens is 1. The lowest BCUT2D eigenvalue weighted by Crippen LogP contribution is -2.24. The minimum Gasteiger partial charge on any atom is -0.345 e. The summed E-state index contributed by atoms with van der Waals surface area (Å²) in [7, 11) is 0. The monoisotopic (exact) mass is 508 g/mol. The number of nitrogens with one attached hydrogen (secondary N) is 1. The van der Waals surface area contributed by atoms with Crippen LogP contribution in [0.1, 0.15) is 21.7 Å². The number of carbonyl (C=O) groups is 1. The molecule has 0 saturated heterocycles. The van der Waals surface area contributed by atoms with E-state index in [1.165, 1.54) is 60.3 Å². The van der Waals surface area contributed by atoms with Crippen molar-refractivity contribution in [1.82, 2.24) is 20.1 Å². The molecule has 0 radical (unpaired) electrons. The van der Waals surface area contributed by atoms with Gasteiger partial charge in [-0.25, -0.2) is 4.39 Å². The zero-order valence-corrected chi connectivity index (χ0v) is 19.2. The number of aromatic nitrogens is 3. The first-order valence-electron chi connectivity index (χ1n) is 10.4. The normalized spacial score (nSPS) is 10.7. The topological polar surface area (TPSA) is 146 Å². The third-order valence-electron chi connectivity index (χ3n) is 5.05. The number of nitro groups is 2. The molecule has 0 aliphatic carbocycles. The van der Waals surface area contributed by atoms with Gasteiger partial charge in [0, 0.05) is 41.3 Å². The van der Waals surface area contributed by atoms with E-state index in [0.29, 0.717) is 22.4 Å². The third kappa shape index (κ3) is 5.70. The Labute approximate surface area is 207 Å². The van der Waals surface area contributed by atoms with Crippen LogP contribution in [0.25, 0.3) is 5.69 Å². The average Bonchev–Trinajstić information content (AvgIpc) is 3.29. The van der Waals surface area contributed by atoms with Gasteiger partial charge in [0.25, 0.3) is 17.3 Å². The molecular formula is C23H17FN6O5S. The molecule has 0 saturated carbocycles. The highest BCUT2D eigenvalue weighted by molar-refractivity contribution is 7.98. The molecule has 0 aliphatic heterocycles. The number of hydrogen-bond donors (Lipinski definition) is 1. The van der Waals surface area contributed by atoms with Crippen LogP contribution in [-0.2, 0) is 12.3 Å². The number of amides is 1. The summed E-state index contributed by atoms with van der Waals surface area (Å²) < 4.78 is 14.9. The number of rotatable bonds is 9. The lowest BCUT2D eigenvalue weighted by Gasteiger charge is -2.11. The second-order valence-electron chi connectivity index (χ2n) is 7.41. The van der Waals surface area contributed by atoms with E-state index >= 15 is 0 Å². The Morgan fingerprint density at radius 2 is 1.47 bits per heavy atom. The van der Waals surface area contributed by atoms with Gasteiger partial charge in [-0.2, -0.15) is 0 Å². The van der Waals surface area contributed by atoms with Crippen molar-refractivity contribution in [3.8, 4) is 5.69 Å². The van der Waals surface area contributed by atoms with Gasteiger partial charge in [-0.1, -0.05) is 23.9 Å². The Hall–Kier alpha value is -4.65. The summed E-state index contributed by atoms with van der Waals surface area (Å²) in [5, 5.41) is 33.4. The van der Waals surface area contributed by atoms with Crippen LogP contribution in [-0.4, -0.2) is 30.5 Å². The van der Waals surface area contributed by atoms with E-state index in [1.54, 1.807) is 28.8 Å². The quantitative estimate of drug-likeness (QED) is 0.198. The molecule has 1 N–H and O–H groups in total. The summed E-state index contributed by atoms with van der Waals surface area (Å²) in [6.07, 6.45) is 0. The van der Waals surface area contributed by atoms with Crippen molar-refractivity contribution in [3.63, 3.8) is 0 Å². The van der Waals surface area contributed by atoms with E-state index in [9.17, 15) is 29.4 Å². The van der Waals surface area contributed by atoms with Crippen LogP contribution < -0.4 is 5.32 Å². The molecule has 1 aromatic heterocycles. The molecular weight excluding hydrogens is 491 g/mol. The summed E-state index contributed by atoms with van der Waals surface area (Å²) >= 11 is 1.32. The van der Waals surface area contributed by atoms with Gasteiger partial charge in [0.05, 0.1) is 16.4 Å². The van der Waals surface area contributed by atoms with E-state index in [0.717, 1.165) is 5.56 Å². The SMILES string of the molecule is O=C(NCc1nnc(SCc2ccc(F)cc2)n1-c1ccc([N+](=O)[O-])cc1)c1ccc([N+](=O)[O-])cc1. The van der Waals surface area contributed by atoms with Gasteiger partial charge >= 0.3 is 0 Å². The lowest BCUT2D eigenvalue weighted by atomic mass is 10.2. The highest BCUT2D eigenvalue weighted by atomic mass is 32.2. The lowest BCUT2D eigenvalue weighted by molar-refractivity contribution is -0.385. The molecule has 4 aromatic rings. The van der Waals surface area contributed by atoms with E-state index in [1.807, 2.05) is 0 Å². The minimum absolute atomic E-state index is 0.0308. The minimum atomic E-state index is -0.556. The standard InChI is InChI=1S/C23H17FN6O5S/c24-17-5-1-15(2-6-17)14-36-23-27-26-21(28(23)18-9-11-20(12-10-18)30(34)35)13-25-22(31)16-3-7-19(8-4-16)29(32)33/h1-12H,13-14H2,(H,25,31). The first-order valence-corrected chi connectivity index (χ1v) is 11.4. The molecule has 0 fully saturated rings. The van der Waals surface area contributed by atoms with Crippen LogP contribution >= 0.6 is 11.8 Å². The van der Waals surface area contributed by atoms with Gasteiger partial charge in [0.15, 0.2) is 11.0 Å². The van der Waals surface area contributed by atoms with Crippen LogP contribution in [0.2, 0.25) is 0 Å². The molecule has 0 aliphatic rings. The largest absolute Gasteiger partial charge is 0.345 e. The van der Waals surface area contributed by atoms with Gasteiger partial charge < -0.3 is 5.32 Å². The van der Waals surface area contributed by atoms with E-state index in [-0.39, 0.29) is 29.3 Å². The molecule has 3 aromatic carbocycles. The van der Waals surface area contributed by atoms with Crippen molar-refractivity contribution < 1.29 is 19.0 Å². The van der Waals surface area contributed by atoms with Gasteiger partial charge in [-0.15, -0.1) is 10.2 Å². The zero-order valence-electron chi connectivity index (χ0n) is 18.4. The zero-order chi connectivity index (χ0) is 25.7. The molecule has 1 amide bonds. The Kier molecular flexibility index (Phi) is 7.30. The second-order valence-corrected chi connectivity index (χ2v) is 8.35. The van der Waals surface area contributed by atoms with Crippen molar-refractivity contribution in [1.29, 1.82) is 0 Å². The van der Waals surface area contributed by atoms with Gasteiger partial charge in [-0.05, 0) is 42.0 Å². The molecule has 11 nitrogen and oxygen atoms in total. The molecule has 4 rings (SSSR count). The van der Waals surface area contributed by atoms with Crippen molar-refractivity contribution in [2.24, 2.45) is 0 Å². The fourth-order valence-electron chi connectivity index (χ4n) is 3.22. The molecule has 0 atom stereocenters. The number of benzene rings is 3. The summed E-state index contributed by atoms with van der Waals surface area (Å²) in [6.45, 7) is -0.0308. The van der Waals surface area contributed by atoms with Crippen molar-refractivity contribution in [2.75, 3.05) is 0 Å². The Balaban J connectivity index is 1.56. The molecule has 1 heterocycles. The Morgan fingerprint density at radius 1 is 0.889 bits per heavy atom. The summed E-state index contributed by atoms with van der Waals surface area (Å²) in [5.74, 6) is 0.00816. The van der Waals surface area contributed by atoms with Crippen LogP contribution in [0.3, 0.4) is 0 Å².